The molecule has 0 spiro atoms. The molecule has 1 heterocycles. The van der Waals surface area contributed by atoms with E-state index in [1.807, 2.05) is 6.07 Å². The highest BCUT2D eigenvalue weighted by atomic mass is 19.1. The van der Waals surface area contributed by atoms with Gasteiger partial charge in [-0.1, -0.05) is 33.8 Å². The third kappa shape index (κ3) is 3.72. The summed E-state index contributed by atoms with van der Waals surface area (Å²) < 4.78 is 14.2. The lowest BCUT2D eigenvalue weighted by Gasteiger charge is -2.37. The summed E-state index contributed by atoms with van der Waals surface area (Å²) in [5, 5.41) is 3.34. The molecule has 3 heteroatoms. The van der Waals surface area contributed by atoms with Gasteiger partial charge in [0.05, 0.1) is 0 Å². The standard InChI is InChI=1S/C17H27FN2/c1-12(2)19-9-15-16(18)6-5-7-17(15)20-10-13(3)8-14(4)11-20/h5-7,12-14,19H,8-11H2,1-4H3. The van der Waals surface area contributed by atoms with Gasteiger partial charge in [-0.3, -0.25) is 0 Å². The van der Waals surface area contributed by atoms with Gasteiger partial charge in [-0.25, -0.2) is 4.39 Å². The van der Waals surface area contributed by atoms with E-state index in [0.29, 0.717) is 24.4 Å². The van der Waals surface area contributed by atoms with Crippen molar-refractivity contribution < 1.29 is 4.39 Å². The Hall–Kier alpha value is -1.09. The summed E-state index contributed by atoms with van der Waals surface area (Å²) in [6, 6.07) is 5.82. The Morgan fingerprint density at radius 1 is 1.25 bits per heavy atom. The van der Waals surface area contributed by atoms with Crippen LogP contribution in [0.2, 0.25) is 0 Å². The molecule has 1 aliphatic heterocycles. The van der Waals surface area contributed by atoms with Crippen molar-refractivity contribution in [3.63, 3.8) is 0 Å². The smallest absolute Gasteiger partial charge is 0.129 e. The van der Waals surface area contributed by atoms with E-state index in [-0.39, 0.29) is 5.82 Å². The minimum Gasteiger partial charge on any atom is -0.371 e. The Bertz CT molecular complexity index is 435. The molecule has 1 N–H and O–H groups in total. The maximum atomic E-state index is 14.2. The van der Waals surface area contributed by atoms with E-state index >= 15 is 0 Å². The number of hydrogen-bond donors (Lipinski definition) is 1. The zero-order valence-electron chi connectivity index (χ0n) is 13.1. The number of piperidine rings is 1. The molecule has 0 amide bonds. The highest BCUT2D eigenvalue weighted by molar-refractivity contribution is 5.54. The van der Waals surface area contributed by atoms with Crippen LogP contribution in [-0.2, 0) is 6.54 Å². The molecule has 2 nitrogen and oxygen atoms in total. The average Bonchev–Trinajstić information content (AvgIpc) is 2.35. The second-order valence-electron chi connectivity index (χ2n) is 6.62. The van der Waals surface area contributed by atoms with Gasteiger partial charge >= 0.3 is 0 Å². The molecule has 1 aromatic rings. The SMILES string of the molecule is CC1CC(C)CN(c2cccc(F)c2CNC(C)C)C1. The highest BCUT2D eigenvalue weighted by Crippen LogP contribution is 2.30. The second kappa shape index (κ2) is 6.57. The molecular formula is C17H27FN2. The molecule has 2 unspecified atom stereocenters. The van der Waals surface area contributed by atoms with Crippen LogP contribution < -0.4 is 10.2 Å². The van der Waals surface area contributed by atoms with E-state index in [0.717, 1.165) is 24.3 Å². The number of benzene rings is 1. The molecule has 1 aliphatic rings. The Morgan fingerprint density at radius 2 is 1.90 bits per heavy atom. The number of anilines is 1. The maximum absolute atomic E-state index is 14.2. The van der Waals surface area contributed by atoms with Crippen LogP contribution in [0.4, 0.5) is 10.1 Å². The molecule has 0 radical (unpaired) electrons. The van der Waals surface area contributed by atoms with Crippen LogP contribution in [0.1, 0.15) is 39.7 Å². The largest absolute Gasteiger partial charge is 0.371 e. The van der Waals surface area contributed by atoms with E-state index in [9.17, 15) is 4.39 Å². The third-order valence-electron chi connectivity index (χ3n) is 3.99. The Balaban J connectivity index is 2.23. The molecule has 1 aromatic carbocycles. The number of nitrogens with one attached hydrogen (secondary N) is 1. The van der Waals surface area contributed by atoms with Gasteiger partial charge in [0, 0.05) is 36.9 Å². The summed E-state index contributed by atoms with van der Waals surface area (Å²) in [5.74, 6) is 1.25. The van der Waals surface area contributed by atoms with E-state index in [2.05, 4.69) is 44.0 Å². The zero-order valence-corrected chi connectivity index (χ0v) is 13.1. The lowest BCUT2D eigenvalue weighted by molar-refractivity contribution is 0.356. The molecule has 0 aliphatic carbocycles. The van der Waals surface area contributed by atoms with E-state index in [4.69, 9.17) is 0 Å². The fraction of sp³-hybridized carbons (Fsp3) is 0.647. The Kier molecular flexibility index (Phi) is 5.03. The van der Waals surface area contributed by atoms with Crippen molar-refractivity contribution in [3.8, 4) is 0 Å². The topological polar surface area (TPSA) is 15.3 Å². The second-order valence-corrected chi connectivity index (χ2v) is 6.62. The molecular weight excluding hydrogens is 251 g/mol. The first-order valence-corrected chi connectivity index (χ1v) is 7.73. The monoisotopic (exact) mass is 278 g/mol. The summed E-state index contributed by atoms with van der Waals surface area (Å²) in [7, 11) is 0. The van der Waals surface area contributed by atoms with Gasteiger partial charge in [0.15, 0.2) is 0 Å². The van der Waals surface area contributed by atoms with Crippen LogP contribution in [0.25, 0.3) is 0 Å². The minimum absolute atomic E-state index is 0.0958. The van der Waals surface area contributed by atoms with Crippen LogP contribution >= 0.6 is 0 Å². The first-order chi connectivity index (χ1) is 9.47. The third-order valence-corrected chi connectivity index (χ3v) is 3.99. The average molecular weight is 278 g/mol. The molecule has 20 heavy (non-hydrogen) atoms. The lowest BCUT2D eigenvalue weighted by atomic mass is 9.91. The van der Waals surface area contributed by atoms with Gasteiger partial charge in [-0.05, 0) is 30.4 Å². The van der Waals surface area contributed by atoms with E-state index < -0.39 is 0 Å². The van der Waals surface area contributed by atoms with Crippen LogP contribution in [0.15, 0.2) is 18.2 Å². The summed E-state index contributed by atoms with van der Waals surface area (Å²) in [6.45, 7) is 11.4. The summed E-state index contributed by atoms with van der Waals surface area (Å²) >= 11 is 0. The van der Waals surface area contributed by atoms with Crippen molar-refractivity contribution in [3.05, 3.63) is 29.6 Å². The van der Waals surface area contributed by atoms with Crippen LogP contribution in [0.3, 0.4) is 0 Å². The predicted molar refractivity (Wildman–Crippen MR) is 83.5 cm³/mol. The molecule has 2 rings (SSSR count). The van der Waals surface area contributed by atoms with Crippen LogP contribution in [0.5, 0.6) is 0 Å². The molecule has 112 valence electrons. The number of rotatable bonds is 4. The number of hydrogen-bond acceptors (Lipinski definition) is 2. The Morgan fingerprint density at radius 3 is 2.50 bits per heavy atom. The maximum Gasteiger partial charge on any atom is 0.129 e. The molecule has 0 bridgehead atoms. The van der Waals surface area contributed by atoms with Crippen molar-refractivity contribution >= 4 is 5.69 Å². The number of halogens is 1. The van der Waals surface area contributed by atoms with E-state index in [1.54, 1.807) is 6.07 Å². The van der Waals surface area contributed by atoms with Crippen molar-refractivity contribution in [1.29, 1.82) is 0 Å². The normalized spacial score (nSPS) is 23.4. The van der Waals surface area contributed by atoms with Crippen LogP contribution in [0, 0.1) is 17.7 Å². The van der Waals surface area contributed by atoms with Gasteiger partial charge in [-0.15, -0.1) is 0 Å². The highest BCUT2D eigenvalue weighted by Gasteiger charge is 2.24. The van der Waals surface area contributed by atoms with E-state index in [1.165, 1.54) is 6.42 Å². The van der Waals surface area contributed by atoms with Gasteiger partial charge in [0.2, 0.25) is 0 Å². The number of nitrogens with zero attached hydrogens (tertiary/aromatic N) is 1. The van der Waals surface area contributed by atoms with Crippen molar-refractivity contribution in [2.75, 3.05) is 18.0 Å². The lowest BCUT2D eigenvalue weighted by Crippen LogP contribution is -2.39. The van der Waals surface area contributed by atoms with Crippen molar-refractivity contribution in [2.45, 2.75) is 46.7 Å². The molecule has 2 atom stereocenters. The fourth-order valence-corrected chi connectivity index (χ4v) is 3.18. The van der Waals surface area contributed by atoms with Crippen molar-refractivity contribution in [2.24, 2.45) is 11.8 Å². The van der Waals surface area contributed by atoms with Gasteiger partial charge in [-0.2, -0.15) is 0 Å². The fourth-order valence-electron chi connectivity index (χ4n) is 3.18. The first-order valence-electron chi connectivity index (χ1n) is 7.73. The van der Waals surface area contributed by atoms with Gasteiger partial charge in [0.1, 0.15) is 5.82 Å². The molecule has 0 aromatic heterocycles. The quantitative estimate of drug-likeness (QED) is 0.901. The van der Waals surface area contributed by atoms with Crippen LogP contribution in [-0.4, -0.2) is 19.1 Å². The predicted octanol–water partition coefficient (Wildman–Crippen LogP) is 3.81. The van der Waals surface area contributed by atoms with Crippen molar-refractivity contribution in [1.82, 2.24) is 5.32 Å². The Labute approximate surface area is 122 Å². The summed E-state index contributed by atoms with van der Waals surface area (Å²) in [4.78, 5) is 2.36. The summed E-state index contributed by atoms with van der Waals surface area (Å²) in [6.07, 6.45) is 1.27. The minimum atomic E-state index is -0.0958. The van der Waals surface area contributed by atoms with Gasteiger partial charge < -0.3 is 10.2 Å². The van der Waals surface area contributed by atoms with Gasteiger partial charge in [0.25, 0.3) is 0 Å². The molecule has 1 fully saturated rings. The molecule has 0 saturated carbocycles. The zero-order chi connectivity index (χ0) is 14.7. The summed E-state index contributed by atoms with van der Waals surface area (Å²) in [5.41, 5.74) is 1.87. The first kappa shape index (κ1) is 15.3. The molecule has 1 saturated heterocycles.